The molecule has 0 unspecified atom stereocenters. The monoisotopic (exact) mass is 478 g/mol. The number of carbonyl (C=O) groups excluding carboxylic acids is 3. The Hall–Kier alpha value is -4.13. The van der Waals surface area contributed by atoms with Crippen LogP contribution in [0.1, 0.15) is 41.6 Å². The zero-order valence-electron chi connectivity index (χ0n) is 19.8. The van der Waals surface area contributed by atoms with Crippen LogP contribution in [-0.2, 0) is 14.3 Å². The van der Waals surface area contributed by atoms with Gasteiger partial charge in [-0.1, -0.05) is 12.6 Å². The highest BCUT2D eigenvalue weighted by Crippen LogP contribution is 2.36. The Kier molecular flexibility index (Phi) is 8.25. The third kappa shape index (κ3) is 5.87. The van der Waals surface area contributed by atoms with Crippen molar-refractivity contribution in [2.45, 2.75) is 31.2 Å². The van der Waals surface area contributed by atoms with Crippen LogP contribution in [0.25, 0.3) is 0 Å². The molecule has 1 aromatic carbocycles. The molecular formula is C25H30N6O4. The molecule has 2 aliphatic rings. The molecule has 4 N–H and O–H groups in total. The predicted octanol–water partition coefficient (Wildman–Crippen LogP) is 1.38. The van der Waals surface area contributed by atoms with Crippen LogP contribution in [0.4, 0.5) is 5.69 Å². The number of hydrogen-bond acceptors (Lipinski definition) is 8. The Balaban J connectivity index is 1.55. The number of nitrogens with one attached hydrogen (secondary N) is 2. The van der Waals surface area contributed by atoms with Gasteiger partial charge in [-0.25, -0.2) is 4.79 Å². The quantitative estimate of drug-likeness (QED) is 0.276. The number of piperidine rings is 1. The molecule has 1 aromatic rings. The summed E-state index contributed by atoms with van der Waals surface area (Å²) in [6.07, 6.45) is 6.38. The first kappa shape index (κ1) is 25.5. The average Bonchev–Trinajstić information content (AvgIpc) is 3.67. The number of hydrogen-bond donors (Lipinski definition) is 3. The molecule has 10 nitrogen and oxygen atoms in total. The normalized spacial score (nSPS) is 17.4. The van der Waals surface area contributed by atoms with Gasteiger partial charge in [-0.05, 0) is 43.7 Å². The van der Waals surface area contributed by atoms with Gasteiger partial charge in [0.15, 0.2) is 0 Å². The molecule has 1 aliphatic carbocycles. The Morgan fingerprint density at radius 2 is 2.06 bits per heavy atom. The summed E-state index contributed by atoms with van der Waals surface area (Å²) in [5, 5.41) is 15.3. The van der Waals surface area contributed by atoms with Crippen molar-refractivity contribution >= 4 is 29.7 Å². The van der Waals surface area contributed by atoms with Gasteiger partial charge < -0.3 is 26.0 Å². The highest BCUT2D eigenvalue weighted by molar-refractivity contribution is 6.13. The Labute approximate surface area is 204 Å². The van der Waals surface area contributed by atoms with Crippen molar-refractivity contribution in [3.63, 3.8) is 0 Å². The summed E-state index contributed by atoms with van der Waals surface area (Å²) in [6.45, 7) is 5.21. The lowest BCUT2D eigenvalue weighted by molar-refractivity contribution is -0.128. The number of amides is 2. The number of anilines is 1. The number of nitrogens with two attached hydrogens (primary N) is 1. The van der Waals surface area contributed by atoms with Crippen LogP contribution in [-0.4, -0.2) is 56.3 Å². The second-order valence-corrected chi connectivity index (χ2v) is 8.56. The molecule has 0 radical (unpaired) electrons. The number of nitriles is 1. The third-order valence-corrected chi connectivity index (χ3v) is 6.34. The molecule has 0 bridgehead atoms. The maximum absolute atomic E-state index is 12.8. The van der Waals surface area contributed by atoms with E-state index in [1.165, 1.54) is 19.5 Å². The van der Waals surface area contributed by atoms with E-state index in [4.69, 9.17) is 10.5 Å². The molecule has 1 saturated carbocycles. The molecule has 0 spiro atoms. The Morgan fingerprint density at radius 1 is 1.34 bits per heavy atom. The number of aliphatic imine (C=N–C) groups is 1. The summed E-state index contributed by atoms with van der Waals surface area (Å²) < 4.78 is 4.89. The number of nitrogens with zero attached hydrogens (tertiary/aromatic N) is 3. The van der Waals surface area contributed by atoms with Crippen molar-refractivity contribution in [2.75, 3.05) is 31.6 Å². The van der Waals surface area contributed by atoms with Gasteiger partial charge in [0, 0.05) is 38.2 Å². The molecule has 1 heterocycles. The lowest BCUT2D eigenvalue weighted by atomic mass is 9.94. The number of ether oxygens (including phenoxy) is 1. The second kappa shape index (κ2) is 11.3. The first-order valence-electron chi connectivity index (χ1n) is 11.4. The highest BCUT2D eigenvalue weighted by Gasteiger charge is 2.51. The highest BCUT2D eigenvalue weighted by atomic mass is 16.5. The van der Waals surface area contributed by atoms with Crippen LogP contribution in [0.3, 0.4) is 0 Å². The smallest absolute Gasteiger partial charge is 0.340 e. The molecule has 0 atom stereocenters. The fourth-order valence-corrected chi connectivity index (χ4v) is 4.15. The number of para-hydroxylation sites is 1. The van der Waals surface area contributed by atoms with E-state index in [9.17, 15) is 19.6 Å². The van der Waals surface area contributed by atoms with Crippen LogP contribution in [0.5, 0.6) is 0 Å². The van der Waals surface area contributed by atoms with Gasteiger partial charge in [-0.2, -0.15) is 5.26 Å². The first-order chi connectivity index (χ1) is 16.9. The number of esters is 1. The maximum Gasteiger partial charge on any atom is 0.340 e. The van der Waals surface area contributed by atoms with Crippen LogP contribution >= 0.6 is 0 Å². The van der Waals surface area contributed by atoms with Gasteiger partial charge in [-0.15, -0.1) is 0 Å². The maximum atomic E-state index is 12.8. The minimum absolute atomic E-state index is 0.153. The van der Waals surface area contributed by atoms with Crippen molar-refractivity contribution in [3.8, 4) is 6.07 Å². The van der Waals surface area contributed by atoms with E-state index >= 15 is 0 Å². The van der Waals surface area contributed by atoms with Crippen LogP contribution in [0, 0.1) is 17.2 Å². The Morgan fingerprint density at radius 3 is 2.63 bits per heavy atom. The topological polar surface area (TPSA) is 150 Å². The van der Waals surface area contributed by atoms with Gasteiger partial charge in [0.2, 0.25) is 5.91 Å². The summed E-state index contributed by atoms with van der Waals surface area (Å²) in [4.78, 5) is 43.3. The molecule has 0 aromatic heterocycles. The van der Waals surface area contributed by atoms with E-state index < -0.39 is 17.4 Å². The number of carbonyl (C=O) groups is 3. The van der Waals surface area contributed by atoms with Crippen molar-refractivity contribution < 1.29 is 19.1 Å². The van der Waals surface area contributed by atoms with Gasteiger partial charge in [0.05, 0.1) is 29.5 Å². The van der Waals surface area contributed by atoms with E-state index in [1.807, 2.05) is 4.90 Å². The van der Waals surface area contributed by atoms with Crippen molar-refractivity contribution in [1.82, 2.24) is 10.6 Å². The number of benzene rings is 1. The van der Waals surface area contributed by atoms with E-state index in [1.54, 1.807) is 18.2 Å². The van der Waals surface area contributed by atoms with Crippen LogP contribution in [0.15, 0.2) is 47.7 Å². The average molecular weight is 479 g/mol. The summed E-state index contributed by atoms with van der Waals surface area (Å²) in [5.41, 5.74) is 6.11. The summed E-state index contributed by atoms with van der Waals surface area (Å²) in [5.74, 6) is -0.923. The minimum atomic E-state index is -0.921. The zero-order valence-corrected chi connectivity index (χ0v) is 19.8. The van der Waals surface area contributed by atoms with Gasteiger partial charge in [0.1, 0.15) is 11.6 Å². The molecule has 3 rings (SSSR count). The molecule has 35 heavy (non-hydrogen) atoms. The molecule has 2 fully saturated rings. The fraction of sp³-hybridized carbons (Fsp3) is 0.400. The summed E-state index contributed by atoms with van der Waals surface area (Å²) >= 11 is 0. The van der Waals surface area contributed by atoms with Gasteiger partial charge >= 0.3 is 5.97 Å². The second-order valence-electron chi connectivity index (χ2n) is 8.56. The molecule has 1 aliphatic heterocycles. The van der Waals surface area contributed by atoms with Crippen LogP contribution in [0.2, 0.25) is 0 Å². The third-order valence-electron chi connectivity index (χ3n) is 6.34. The van der Waals surface area contributed by atoms with Crippen molar-refractivity contribution in [3.05, 3.63) is 53.9 Å². The first-order valence-corrected chi connectivity index (χ1v) is 11.4. The van der Waals surface area contributed by atoms with Crippen molar-refractivity contribution in [2.24, 2.45) is 16.6 Å². The molecular weight excluding hydrogens is 448 g/mol. The molecule has 2 amide bonds. The lowest BCUT2D eigenvalue weighted by Crippen LogP contribution is -2.51. The SMILES string of the molecule is C=C/N=C\C(=C/N)C(=O)NC1(C(=O)NCC2CCN(c3c(C#N)cccc3C(=O)OC)CC2)CC1. The van der Waals surface area contributed by atoms with Crippen LogP contribution < -0.4 is 21.3 Å². The number of methoxy groups -OCH3 is 1. The molecule has 10 heteroatoms. The summed E-state index contributed by atoms with van der Waals surface area (Å²) in [6, 6.07) is 7.17. The van der Waals surface area contributed by atoms with E-state index in [-0.39, 0.29) is 17.4 Å². The molecule has 184 valence electrons. The minimum Gasteiger partial charge on any atom is -0.465 e. The summed E-state index contributed by atoms with van der Waals surface area (Å²) in [7, 11) is 1.32. The van der Waals surface area contributed by atoms with Gasteiger partial charge in [-0.3, -0.25) is 14.6 Å². The van der Waals surface area contributed by atoms with Gasteiger partial charge in [0.25, 0.3) is 5.91 Å². The largest absolute Gasteiger partial charge is 0.465 e. The van der Waals surface area contributed by atoms with E-state index in [2.05, 4.69) is 28.3 Å². The fourth-order valence-electron chi connectivity index (χ4n) is 4.15. The zero-order chi connectivity index (χ0) is 25.4. The Bertz CT molecular complexity index is 1090. The lowest BCUT2D eigenvalue weighted by Gasteiger charge is -2.35. The molecule has 1 saturated heterocycles. The van der Waals surface area contributed by atoms with E-state index in [0.29, 0.717) is 49.3 Å². The predicted molar refractivity (Wildman–Crippen MR) is 132 cm³/mol. The number of rotatable bonds is 9. The standard InChI is InChI=1S/C25H30N6O4/c1-3-28-16-19(14-27)22(32)30-25(9-10-25)24(34)29-15-17-7-11-31(12-8-17)21-18(13-26)5-4-6-20(21)23(33)35-2/h3-6,14,16-17H,1,7-12,15,27H2,2H3,(H,29,34)(H,30,32)/b19-14+,28-16-. The van der Waals surface area contributed by atoms with Crippen molar-refractivity contribution in [1.29, 1.82) is 5.26 Å². The van der Waals surface area contributed by atoms with E-state index in [0.717, 1.165) is 19.0 Å².